The lowest BCUT2D eigenvalue weighted by Gasteiger charge is -2.24. The predicted octanol–water partition coefficient (Wildman–Crippen LogP) is 1.47. The Kier molecular flexibility index (Phi) is 5.06. The second-order valence-corrected chi connectivity index (χ2v) is 5.21. The van der Waals surface area contributed by atoms with Crippen LogP contribution in [0.3, 0.4) is 0 Å². The summed E-state index contributed by atoms with van der Waals surface area (Å²) in [4.78, 5) is 2.20. The van der Waals surface area contributed by atoms with E-state index in [0.29, 0.717) is 12.5 Å². The van der Waals surface area contributed by atoms with Crippen LogP contribution in [0.15, 0.2) is 30.3 Å². The highest BCUT2D eigenvalue weighted by Crippen LogP contribution is 2.16. The molecule has 6 nitrogen and oxygen atoms in total. The van der Waals surface area contributed by atoms with Crippen molar-refractivity contribution in [3.05, 3.63) is 30.3 Å². The summed E-state index contributed by atoms with van der Waals surface area (Å²) >= 11 is 0. The van der Waals surface area contributed by atoms with Gasteiger partial charge in [0, 0.05) is 13.1 Å². The zero-order valence-electron chi connectivity index (χ0n) is 12.1. The largest absolute Gasteiger partial charge is 0.339 e. The van der Waals surface area contributed by atoms with Gasteiger partial charge in [-0.05, 0) is 41.4 Å². The van der Waals surface area contributed by atoms with Crippen LogP contribution in [0.2, 0.25) is 0 Å². The van der Waals surface area contributed by atoms with Gasteiger partial charge in [0.2, 0.25) is 5.95 Å². The highest BCUT2D eigenvalue weighted by Gasteiger charge is 2.16. The highest BCUT2D eigenvalue weighted by molar-refractivity contribution is 5.40. The molecule has 0 radical (unpaired) electrons. The fourth-order valence-corrected chi connectivity index (χ4v) is 2.11. The average Bonchev–Trinajstić information content (AvgIpc) is 2.93. The number of hydrogen-bond donors (Lipinski definition) is 1. The second kappa shape index (κ2) is 7.00. The molecule has 0 aliphatic rings. The molecular weight excluding hydrogens is 252 g/mol. The smallest absolute Gasteiger partial charge is 0.250 e. The second-order valence-electron chi connectivity index (χ2n) is 5.21. The number of rotatable bonds is 7. The molecule has 1 aromatic heterocycles. The van der Waals surface area contributed by atoms with E-state index in [9.17, 15) is 0 Å². The van der Waals surface area contributed by atoms with E-state index in [0.717, 1.165) is 31.1 Å². The Morgan fingerprint density at radius 3 is 2.65 bits per heavy atom. The first-order valence-electron chi connectivity index (χ1n) is 7.01. The number of benzene rings is 1. The normalized spacial score (nSPS) is 11.0. The molecule has 2 N–H and O–H groups in total. The summed E-state index contributed by atoms with van der Waals surface area (Å²) in [7, 11) is 0. The van der Waals surface area contributed by atoms with Crippen LogP contribution in [0, 0.1) is 5.92 Å². The maximum atomic E-state index is 5.63. The molecule has 2 aromatic rings. The third-order valence-corrected chi connectivity index (χ3v) is 2.95. The van der Waals surface area contributed by atoms with Gasteiger partial charge in [-0.3, -0.25) is 0 Å². The minimum Gasteiger partial charge on any atom is -0.339 e. The lowest BCUT2D eigenvalue weighted by Crippen LogP contribution is -2.32. The summed E-state index contributed by atoms with van der Waals surface area (Å²) in [6.07, 6.45) is 0.925. The number of para-hydroxylation sites is 1. The van der Waals surface area contributed by atoms with Crippen molar-refractivity contribution in [3.8, 4) is 5.69 Å². The molecule has 0 saturated heterocycles. The van der Waals surface area contributed by atoms with Gasteiger partial charge in [0.25, 0.3) is 0 Å². The minimum atomic E-state index is 0.536. The van der Waals surface area contributed by atoms with Crippen molar-refractivity contribution in [3.63, 3.8) is 0 Å². The molecule has 0 aliphatic heterocycles. The van der Waals surface area contributed by atoms with Crippen LogP contribution in [0.25, 0.3) is 5.69 Å². The van der Waals surface area contributed by atoms with E-state index >= 15 is 0 Å². The molecule has 108 valence electrons. The lowest BCUT2D eigenvalue weighted by atomic mass is 10.2. The first-order chi connectivity index (χ1) is 9.72. The summed E-state index contributed by atoms with van der Waals surface area (Å²) in [6.45, 7) is 6.81. The Labute approximate surface area is 119 Å². The van der Waals surface area contributed by atoms with Crippen molar-refractivity contribution < 1.29 is 0 Å². The molecule has 0 bridgehead atoms. The highest BCUT2D eigenvalue weighted by atomic mass is 15.6. The third-order valence-electron chi connectivity index (χ3n) is 2.95. The molecule has 0 aliphatic carbocycles. The van der Waals surface area contributed by atoms with Crippen LogP contribution in [-0.2, 0) is 0 Å². The van der Waals surface area contributed by atoms with Crippen molar-refractivity contribution in [1.82, 2.24) is 20.2 Å². The fraction of sp³-hybridized carbons (Fsp3) is 0.500. The van der Waals surface area contributed by atoms with Crippen LogP contribution in [0.1, 0.15) is 20.3 Å². The first kappa shape index (κ1) is 14.5. The molecule has 6 heteroatoms. The van der Waals surface area contributed by atoms with E-state index in [4.69, 9.17) is 5.73 Å². The molecule has 1 heterocycles. The Morgan fingerprint density at radius 2 is 2.00 bits per heavy atom. The number of anilines is 1. The van der Waals surface area contributed by atoms with Crippen molar-refractivity contribution in [2.24, 2.45) is 11.7 Å². The van der Waals surface area contributed by atoms with Gasteiger partial charge < -0.3 is 10.6 Å². The zero-order chi connectivity index (χ0) is 14.4. The summed E-state index contributed by atoms with van der Waals surface area (Å²) in [5.41, 5.74) is 6.59. The number of hydrogen-bond acceptors (Lipinski definition) is 5. The molecule has 0 fully saturated rings. The predicted molar refractivity (Wildman–Crippen MR) is 79.9 cm³/mol. The molecule has 0 atom stereocenters. The van der Waals surface area contributed by atoms with Crippen molar-refractivity contribution in [1.29, 1.82) is 0 Å². The Morgan fingerprint density at radius 1 is 1.25 bits per heavy atom. The number of nitrogens with zero attached hydrogens (tertiary/aromatic N) is 5. The standard InChI is InChI=1S/C14H22N6/c1-12(2)11-19(10-6-9-15)14-16-17-18-20(14)13-7-4-3-5-8-13/h3-5,7-8,12H,6,9-11,15H2,1-2H3. The summed E-state index contributed by atoms with van der Waals surface area (Å²) in [5, 5.41) is 12.1. The van der Waals surface area contributed by atoms with Crippen LogP contribution in [-0.4, -0.2) is 39.8 Å². The third kappa shape index (κ3) is 3.54. The summed E-state index contributed by atoms with van der Waals surface area (Å²) in [5.74, 6) is 1.31. The monoisotopic (exact) mass is 274 g/mol. The molecule has 0 saturated carbocycles. The fourth-order valence-electron chi connectivity index (χ4n) is 2.11. The Balaban J connectivity index is 2.27. The van der Waals surface area contributed by atoms with Crippen molar-refractivity contribution in [2.45, 2.75) is 20.3 Å². The van der Waals surface area contributed by atoms with Gasteiger partial charge in [-0.25, -0.2) is 0 Å². The molecule has 1 aromatic carbocycles. The molecule has 2 rings (SSSR count). The summed E-state index contributed by atoms with van der Waals surface area (Å²) < 4.78 is 1.78. The van der Waals surface area contributed by atoms with E-state index in [-0.39, 0.29) is 0 Å². The van der Waals surface area contributed by atoms with Crippen molar-refractivity contribution in [2.75, 3.05) is 24.5 Å². The SMILES string of the molecule is CC(C)CN(CCCN)c1nnnn1-c1ccccc1. The maximum absolute atomic E-state index is 5.63. The van der Waals surface area contributed by atoms with Gasteiger partial charge >= 0.3 is 0 Å². The Hall–Kier alpha value is -1.95. The Bertz CT molecular complexity index is 507. The molecule has 0 spiro atoms. The van der Waals surface area contributed by atoms with Crippen LogP contribution >= 0.6 is 0 Å². The van der Waals surface area contributed by atoms with Gasteiger partial charge in [0.1, 0.15) is 0 Å². The summed E-state index contributed by atoms with van der Waals surface area (Å²) in [6, 6.07) is 9.93. The van der Waals surface area contributed by atoms with Crippen molar-refractivity contribution >= 4 is 5.95 Å². The van der Waals surface area contributed by atoms with Gasteiger partial charge in [-0.1, -0.05) is 37.1 Å². The zero-order valence-corrected chi connectivity index (χ0v) is 12.1. The number of nitrogens with two attached hydrogens (primary N) is 1. The molecule has 20 heavy (non-hydrogen) atoms. The van der Waals surface area contributed by atoms with E-state index in [1.54, 1.807) is 4.68 Å². The lowest BCUT2D eigenvalue weighted by molar-refractivity contribution is 0.585. The van der Waals surface area contributed by atoms with Crippen LogP contribution < -0.4 is 10.6 Å². The van der Waals surface area contributed by atoms with Gasteiger partial charge in [0.05, 0.1) is 5.69 Å². The molecular formula is C14H22N6. The van der Waals surface area contributed by atoms with Crippen LogP contribution in [0.5, 0.6) is 0 Å². The van der Waals surface area contributed by atoms with E-state index < -0.39 is 0 Å². The quantitative estimate of drug-likeness (QED) is 0.827. The van der Waals surface area contributed by atoms with Gasteiger partial charge in [-0.15, -0.1) is 0 Å². The van der Waals surface area contributed by atoms with Gasteiger partial charge in [-0.2, -0.15) is 4.68 Å². The number of aromatic nitrogens is 4. The number of tetrazole rings is 1. The van der Waals surface area contributed by atoms with E-state index in [1.807, 2.05) is 30.3 Å². The van der Waals surface area contributed by atoms with Crippen LogP contribution in [0.4, 0.5) is 5.95 Å². The van der Waals surface area contributed by atoms with Gasteiger partial charge in [0.15, 0.2) is 0 Å². The van der Waals surface area contributed by atoms with E-state index in [2.05, 4.69) is 34.3 Å². The molecule has 0 amide bonds. The first-order valence-corrected chi connectivity index (χ1v) is 7.01. The van der Waals surface area contributed by atoms with E-state index in [1.165, 1.54) is 0 Å². The topological polar surface area (TPSA) is 72.9 Å². The average molecular weight is 274 g/mol. The molecule has 0 unspecified atom stereocenters. The minimum absolute atomic E-state index is 0.536. The maximum Gasteiger partial charge on any atom is 0.250 e.